The Bertz CT molecular complexity index is 749. The van der Waals surface area contributed by atoms with E-state index in [4.69, 9.17) is 11.6 Å². The zero-order chi connectivity index (χ0) is 16.3. The van der Waals surface area contributed by atoms with Gasteiger partial charge >= 0.3 is 0 Å². The van der Waals surface area contributed by atoms with E-state index in [1.165, 1.54) is 18.3 Å². The Morgan fingerprint density at radius 2 is 1.95 bits per heavy atom. The van der Waals surface area contributed by atoms with Crippen molar-refractivity contribution in [2.45, 2.75) is 59.4 Å². The lowest BCUT2D eigenvalue weighted by Crippen LogP contribution is -2.26. The number of aryl methyl sites for hydroxylation is 1. The topological polar surface area (TPSA) is 52.0 Å². The molecule has 0 N–H and O–H groups in total. The Hall–Kier alpha value is -1.20. The van der Waals surface area contributed by atoms with Crippen molar-refractivity contribution in [3.8, 4) is 0 Å². The molecule has 0 radical (unpaired) electrons. The summed E-state index contributed by atoms with van der Waals surface area (Å²) < 4.78 is 2.10. The molecule has 0 unspecified atom stereocenters. The van der Waals surface area contributed by atoms with Crippen molar-refractivity contribution in [1.29, 1.82) is 0 Å². The number of carbonyl (C=O) groups excluding carboxylic acids is 1. The molecule has 0 saturated heterocycles. The van der Waals surface area contributed by atoms with E-state index >= 15 is 0 Å². The molecule has 2 heterocycles. The summed E-state index contributed by atoms with van der Waals surface area (Å²) in [6.07, 6.45) is 4.73. The number of ketones is 1. The summed E-state index contributed by atoms with van der Waals surface area (Å²) in [7, 11) is 0. The molecular formula is C16H21ClN2O2S. The van der Waals surface area contributed by atoms with Crippen molar-refractivity contribution in [3.05, 3.63) is 26.1 Å². The molecular weight excluding hydrogens is 320 g/mol. The van der Waals surface area contributed by atoms with Crippen molar-refractivity contribution >= 4 is 38.9 Å². The third-order valence-electron chi connectivity index (χ3n) is 3.69. The number of rotatable bonds is 7. The average Bonchev–Trinajstić information content (AvgIpc) is 2.80. The molecule has 120 valence electrons. The Kier molecular flexibility index (Phi) is 5.75. The zero-order valence-electron chi connectivity index (χ0n) is 13.2. The number of unbranched alkanes of at least 4 members (excludes halogenated alkanes) is 2. The Labute approximate surface area is 139 Å². The molecule has 2 aromatic rings. The number of aromatic nitrogens is 2. The first-order valence-electron chi connectivity index (χ1n) is 7.73. The fraction of sp³-hybridized carbons (Fsp3) is 0.562. The predicted molar refractivity (Wildman–Crippen MR) is 92.4 cm³/mol. The zero-order valence-corrected chi connectivity index (χ0v) is 14.8. The maximum atomic E-state index is 12.9. The number of hydrogen-bond acceptors (Lipinski definition) is 4. The van der Waals surface area contributed by atoms with E-state index in [1.54, 1.807) is 4.57 Å². The van der Waals surface area contributed by atoms with Crippen LogP contribution in [0.25, 0.3) is 10.2 Å². The molecule has 0 amide bonds. The monoisotopic (exact) mass is 340 g/mol. The molecule has 0 spiro atoms. The fourth-order valence-electron chi connectivity index (χ4n) is 2.49. The summed E-state index contributed by atoms with van der Waals surface area (Å²) in [5.41, 5.74) is 0.198. The average molecular weight is 341 g/mol. The molecule has 2 aromatic heterocycles. The lowest BCUT2D eigenvalue weighted by Gasteiger charge is -2.12. The molecule has 4 nitrogen and oxygen atoms in total. The van der Waals surface area contributed by atoms with Crippen LogP contribution in [0.1, 0.15) is 62.6 Å². The highest BCUT2D eigenvalue weighted by Gasteiger charge is 2.21. The van der Waals surface area contributed by atoms with Gasteiger partial charge in [-0.1, -0.05) is 38.3 Å². The van der Waals surface area contributed by atoms with Crippen molar-refractivity contribution in [1.82, 2.24) is 9.55 Å². The van der Waals surface area contributed by atoms with Gasteiger partial charge in [-0.05, 0) is 19.8 Å². The van der Waals surface area contributed by atoms with Gasteiger partial charge in [0.25, 0.3) is 5.56 Å². The third kappa shape index (κ3) is 3.25. The smallest absolute Gasteiger partial charge is 0.263 e. The van der Waals surface area contributed by atoms with Gasteiger partial charge in [0.05, 0.1) is 10.9 Å². The number of thiophene rings is 1. The highest BCUT2D eigenvalue weighted by molar-refractivity contribution is 7.22. The van der Waals surface area contributed by atoms with Crippen LogP contribution in [0.3, 0.4) is 0 Å². The summed E-state index contributed by atoms with van der Waals surface area (Å²) in [6.45, 7) is 6.28. The summed E-state index contributed by atoms with van der Waals surface area (Å²) in [5, 5.41) is 0.388. The third-order valence-corrected chi connectivity index (χ3v) is 4.98. The normalized spacial score (nSPS) is 11.3. The van der Waals surface area contributed by atoms with Gasteiger partial charge in [0.1, 0.15) is 15.0 Å². The van der Waals surface area contributed by atoms with Crippen molar-refractivity contribution < 1.29 is 4.79 Å². The second kappa shape index (κ2) is 7.38. The number of halogens is 1. The molecule has 0 fully saturated rings. The van der Waals surface area contributed by atoms with Gasteiger partial charge in [-0.3, -0.25) is 14.2 Å². The lowest BCUT2D eigenvalue weighted by molar-refractivity contribution is 0.101. The molecule has 22 heavy (non-hydrogen) atoms. The van der Waals surface area contributed by atoms with E-state index in [1.807, 2.05) is 0 Å². The quantitative estimate of drug-likeness (QED) is 0.699. The summed E-state index contributed by atoms with van der Waals surface area (Å²) in [4.78, 5) is 29.9. The van der Waals surface area contributed by atoms with Crippen LogP contribution >= 0.6 is 22.9 Å². The van der Waals surface area contributed by atoms with E-state index in [0.717, 1.165) is 37.9 Å². The van der Waals surface area contributed by atoms with E-state index in [9.17, 15) is 9.59 Å². The Balaban J connectivity index is 2.69. The van der Waals surface area contributed by atoms with Crippen LogP contribution in [-0.4, -0.2) is 15.3 Å². The number of carbonyl (C=O) groups is 1. The van der Waals surface area contributed by atoms with Gasteiger partial charge in [0, 0.05) is 13.0 Å². The number of hydrogen-bond donors (Lipinski definition) is 0. The molecule has 0 bridgehead atoms. The standard InChI is InChI=1S/C16H21ClN2O2S/c1-4-6-8-11-18-15-13(12(10(3)20)14(17)22-15)16(21)19(11)9-7-5-2/h4-9H2,1-3H3. The van der Waals surface area contributed by atoms with Gasteiger partial charge in [-0.2, -0.15) is 0 Å². The number of nitrogens with zero attached hydrogens (tertiary/aromatic N) is 2. The first kappa shape index (κ1) is 17.2. The highest BCUT2D eigenvalue weighted by Crippen LogP contribution is 2.32. The maximum absolute atomic E-state index is 12.9. The van der Waals surface area contributed by atoms with E-state index in [0.29, 0.717) is 26.7 Å². The largest absolute Gasteiger partial charge is 0.296 e. The van der Waals surface area contributed by atoms with Crippen LogP contribution in [0.5, 0.6) is 0 Å². The molecule has 0 atom stereocenters. The van der Waals surface area contributed by atoms with Crippen LogP contribution in [0.15, 0.2) is 4.79 Å². The van der Waals surface area contributed by atoms with Crippen molar-refractivity contribution in [3.63, 3.8) is 0 Å². The van der Waals surface area contributed by atoms with Crippen LogP contribution in [0.4, 0.5) is 0 Å². The minimum absolute atomic E-state index is 0.127. The molecule has 0 aromatic carbocycles. The lowest BCUT2D eigenvalue weighted by atomic mass is 10.1. The summed E-state index contributed by atoms with van der Waals surface area (Å²) in [6, 6.07) is 0. The van der Waals surface area contributed by atoms with Crippen molar-refractivity contribution in [2.75, 3.05) is 0 Å². The van der Waals surface area contributed by atoms with Gasteiger partial charge < -0.3 is 0 Å². The summed E-state index contributed by atoms with van der Waals surface area (Å²) >= 11 is 7.38. The maximum Gasteiger partial charge on any atom is 0.263 e. The molecule has 0 aliphatic heterocycles. The van der Waals surface area contributed by atoms with Gasteiger partial charge in [0.15, 0.2) is 5.78 Å². The molecule has 6 heteroatoms. The van der Waals surface area contributed by atoms with Crippen LogP contribution in [0, 0.1) is 0 Å². The molecule has 0 aliphatic rings. The van der Waals surface area contributed by atoms with Gasteiger partial charge in [0.2, 0.25) is 0 Å². The molecule has 2 rings (SSSR count). The fourth-order valence-corrected chi connectivity index (χ4v) is 3.89. The van der Waals surface area contributed by atoms with Crippen LogP contribution in [0.2, 0.25) is 4.34 Å². The minimum Gasteiger partial charge on any atom is -0.296 e. The Morgan fingerprint density at radius 3 is 2.55 bits per heavy atom. The first-order chi connectivity index (χ1) is 10.5. The minimum atomic E-state index is -0.182. The number of Topliss-reactive ketones (excluding diaryl/α,β-unsaturated/α-hetero) is 1. The predicted octanol–water partition coefficient (Wildman–Crippen LogP) is 4.46. The second-order valence-electron chi connectivity index (χ2n) is 5.43. The van der Waals surface area contributed by atoms with E-state index in [-0.39, 0.29) is 11.3 Å². The van der Waals surface area contributed by atoms with Crippen LogP contribution < -0.4 is 5.56 Å². The molecule has 0 saturated carbocycles. The highest BCUT2D eigenvalue weighted by atomic mass is 35.5. The second-order valence-corrected chi connectivity index (χ2v) is 7.03. The van der Waals surface area contributed by atoms with Gasteiger partial charge in [-0.25, -0.2) is 4.98 Å². The van der Waals surface area contributed by atoms with Crippen LogP contribution in [-0.2, 0) is 13.0 Å². The first-order valence-corrected chi connectivity index (χ1v) is 8.93. The van der Waals surface area contributed by atoms with E-state index < -0.39 is 0 Å². The SMILES string of the molecule is CCCCc1nc2sc(Cl)c(C(C)=O)c2c(=O)n1CCCC. The Morgan fingerprint density at radius 1 is 1.27 bits per heavy atom. The van der Waals surface area contributed by atoms with Gasteiger partial charge in [-0.15, -0.1) is 11.3 Å². The van der Waals surface area contributed by atoms with Crippen molar-refractivity contribution in [2.24, 2.45) is 0 Å². The molecule has 0 aliphatic carbocycles. The van der Waals surface area contributed by atoms with E-state index in [2.05, 4.69) is 18.8 Å². The number of fused-ring (bicyclic) bond motifs is 1. The summed E-state index contributed by atoms with van der Waals surface area (Å²) in [5.74, 6) is 0.624.